The number of para-hydroxylation sites is 1. The molecule has 1 N–H and O–H groups in total. The van der Waals surface area contributed by atoms with E-state index in [0.717, 1.165) is 19.6 Å². The molecule has 3 heteroatoms. The Morgan fingerprint density at radius 3 is 2.57 bits per heavy atom. The van der Waals surface area contributed by atoms with Gasteiger partial charge in [0.1, 0.15) is 0 Å². The Kier molecular flexibility index (Phi) is 5.42. The van der Waals surface area contributed by atoms with E-state index in [1.54, 1.807) is 0 Å². The van der Waals surface area contributed by atoms with Crippen LogP contribution in [0.15, 0.2) is 30.3 Å². The minimum atomic E-state index is 0.696. The van der Waals surface area contributed by atoms with Crippen molar-refractivity contribution in [1.29, 1.82) is 0 Å². The van der Waals surface area contributed by atoms with Crippen molar-refractivity contribution in [2.45, 2.75) is 0 Å². The number of halogens is 1. The highest BCUT2D eigenvalue weighted by atomic mass is 35.5. The molecule has 0 aromatic heterocycles. The molecule has 1 rings (SSSR count). The van der Waals surface area contributed by atoms with Gasteiger partial charge in [0.25, 0.3) is 0 Å². The summed E-state index contributed by atoms with van der Waals surface area (Å²) in [6.45, 7) is 2.91. The first-order valence-corrected chi connectivity index (χ1v) is 5.40. The van der Waals surface area contributed by atoms with Crippen molar-refractivity contribution >= 4 is 17.3 Å². The molecule has 0 spiro atoms. The van der Waals surface area contributed by atoms with Crippen molar-refractivity contribution in [2.24, 2.45) is 0 Å². The first kappa shape index (κ1) is 11.3. The maximum absolute atomic E-state index is 5.63. The van der Waals surface area contributed by atoms with Crippen LogP contribution >= 0.6 is 11.6 Å². The Morgan fingerprint density at radius 1 is 1.21 bits per heavy atom. The van der Waals surface area contributed by atoms with E-state index in [1.807, 2.05) is 18.2 Å². The summed E-state index contributed by atoms with van der Waals surface area (Å²) in [5.41, 5.74) is 1.17. The fraction of sp³-hybridized carbons (Fsp3) is 0.455. The summed E-state index contributed by atoms with van der Waals surface area (Å²) in [6.07, 6.45) is 0. The SMILES string of the molecule is CN(CCCl)CCNc1ccccc1. The summed E-state index contributed by atoms with van der Waals surface area (Å²) < 4.78 is 0. The third-order valence-electron chi connectivity index (χ3n) is 2.06. The van der Waals surface area contributed by atoms with Gasteiger partial charge < -0.3 is 10.2 Å². The summed E-state index contributed by atoms with van der Waals surface area (Å²) >= 11 is 5.63. The fourth-order valence-electron chi connectivity index (χ4n) is 1.20. The topological polar surface area (TPSA) is 15.3 Å². The first-order chi connectivity index (χ1) is 6.83. The van der Waals surface area contributed by atoms with Gasteiger partial charge >= 0.3 is 0 Å². The summed E-state index contributed by atoms with van der Waals surface area (Å²) in [7, 11) is 2.08. The summed E-state index contributed by atoms with van der Waals surface area (Å²) in [5, 5.41) is 3.35. The lowest BCUT2D eigenvalue weighted by Gasteiger charge is -2.15. The Balaban J connectivity index is 2.16. The van der Waals surface area contributed by atoms with Crippen LogP contribution in [0.3, 0.4) is 0 Å². The number of nitrogens with zero attached hydrogens (tertiary/aromatic N) is 1. The number of hydrogen-bond donors (Lipinski definition) is 1. The molecule has 0 heterocycles. The molecule has 0 fully saturated rings. The summed E-state index contributed by atoms with van der Waals surface area (Å²) in [5.74, 6) is 0.696. The van der Waals surface area contributed by atoms with E-state index in [4.69, 9.17) is 11.6 Å². The van der Waals surface area contributed by atoms with Gasteiger partial charge in [-0.3, -0.25) is 0 Å². The van der Waals surface area contributed by atoms with Crippen LogP contribution in [0.5, 0.6) is 0 Å². The van der Waals surface area contributed by atoms with E-state index < -0.39 is 0 Å². The largest absolute Gasteiger partial charge is 0.384 e. The van der Waals surface area contributed by atoms with Gasteiger partial charge in [-0.25, -0.2) is 0 Å². The maximum Gasteiger partial charge on any atom is 0.0351 e. The summed E-state index contributed by atoms with van der Waals surface area (Å²) in [4.78, 5) is 2.21. The van der Waals surface area contributed by atoms with Gasteiger partial charge in [0.05, 0.1) is 0 Å². The molecule has 0 unspecified atom stereocenters. The van der Waals surface area contributed by atoms with Crippen molar-refractivity contribution in [2.75, 3.05) is 37.9 Å². The van der Waals surface area contributed by atoms with Crippen LogP contribution in [0, 0.1) is 0 Å². The van der Waals surface area contributed by atoms with Gasteiger partial charge in [-0.2, -0.15) is 0 Å². The van der Waals surface area contributed by atoms with Crippen LogP contribution in [0.1, 0.15) is 0 Å². The summed E-state index contributed by atoms with van der Waals surface area (Å²) in [6, 6.07) is 10.2. The van der Waals surface area contributed by atoms with Crippen LogP contribution < -0.4 is 5.32 Å². The Bertz CT molecular complexity index is 238. The average Bonchev–Trinajstić information content (AvgIpc) is 2.20. The normalized spacial score (nSPS) is 10.5. The zero-order valence-electron chi connectivity index (χ0n) is 8.54. The quantitative estimate of drug-likeness (QED) is 0.728. The molecule has 0 saturated carbocycles. The second kappa shape index (κ2) is 6.68. The van der Waals surface area contributed by atoms with E-state index in [9.17, 15) is 0 Å². The Labute approximate surface area is 90.9 Å². The Morgan fingerprint density at radius 2 is 1.93 bits per heavy atom. The van der Waals surface area contributed by atoms with E-state index in [-0.39, 0.29) is 0 Å². The van der Waals surface area contributed by atoms with Crippen LogP contribution in [-0.4, -0.2) is 37.5 Å². The van der Waals surface area contributed by atoms with Crippen LogP contribution in [0.2, 0.25) is 0 Å². The van der Waals surface area contributed by atoms with Crippen molar-refractivity contribution in [3.63, 3.8) is 0 Å². The minimum absolute atomic E-state index is 0.696. The second-order valence-corrected chi connectivity index (χ2v) is 3.66. The lowest BCUT2D eigenvalue weighted by Crippen LogP contribution is -2.26. The molecule has 0 atom stereocenters. The monoisotopic (exact) mass is 212 g/mol. The van der Waals surface area contributed by atoms with E-state index in [2.05, 4.69) is 29.4 Å². The zero-order chi connectivity index (χ0) is 10.2. The fourth-order valence-corrected chi connectivity index (χ4v) is 1.49. The highest BCUT2D eigenvalue weighted by Crippen LogP contribution is 2.03. The molecule has 0 radical (unpaired) electrons. The van der Waals surface area contributed by atoms with Crippen molar-refractivity contribution in [1.82, 2.24) is 4.90 Å². The molecule has 0 aliphatic heterocycles. The molecule has 2 nitrogen and oxygen atoms in total. The molecule has 0 saturated heterocycles. The number of benzene rings is 1. The molecule has 1 aromatic carbocycles. The number of likely N-dealkylation sites (N-methyl/N-ethyl adjacent to an activating group) is 1. The lowest BCUT2D eigenvalue weighted by atomic mass is 10.3. The number of hydrogen-bond acceptors (Lipinski definition) is 2. The van der Waals surface area contributed by atoms with Crippen molar-refractivity contribution < 1.29 is 0 Å². The van der Waals surface area contributed by atoms with E-state index >= 15 is 0 Å². The van der Waals surface area contributed by atoms with Gasteiger partial charge in [-0.15, -0.1) is 11.6 Å². The molecular formula is C11H17ClN2. The molecule has 14 heavy (non-hydrogen) atoms. The zero-order valence-corrected chi connectivity index (χ0v) is 9.30. The predicted molar refractivity (Wildman–Crippen MR) is 63.1 cm³/mol. The highest BCUT2D eigenvalue weighted by Gasteiger charge is 1.95. The highest BCUT2D eigenvalue weighted by molar-refractivity contribution is 6.18. The second-order valence-electron chi connectivity index (χ2n) is 3.29. The van der Waals surface area contributed by atoms with Crippen molar-refractivity contribution in [3.8, 4) is 0 Å². The standard InChI is InChI=1S/C11H17ClN2/c1-14(9-7-12)10-8-13-11-5-3-2-4-6-11/h2-6,13H,7-10H2,1H3. The average molecular weight is 213 g/mol. The van der Waals surface area contributed by atoms with E-state index in [0.29, 0.717) is 5.88 Å². The minimum Gasteiger partial charge on any atom is -0.384 e. The molecule has 0 bridgehead atoms. The van der Waals surface area contributed by atoms with Crippen molar-refractivity contribution in [3.05, 3.63) is 30.3 Å². The Hall–Kier alpha value is -0.730. The number of rotatable bonds is 6. The molecule has 0 aliphatic rings. The third-order valence-corrected chi connectivity index (χ3v) is 2.23. The van der Waals surface area contributed by atoms with Gasteiger partial charge in [-0.1, -0.05) is 18.2 Å². The number of anilines is 1. The molecule has 0 amide bonds. The van der Waals surface area contributed by atoms with Gasteiger partial charge in [0, 0.05) is 31.2 Å². The predicted octanol–water partition coefficient (Wildman–Crippen LogP) is 2.27. The van der Waals surface area contributed by atoms with Gasteiger partial charge in [0.15, 0.2) is 0 Å². The third kappa shape index (κ3) is 4.49. The number of nitrogens with one attached hydrogen (secondary N) is 1. The van der Waals surface area contributed by atoms with Crippen LogP contribution in [-0.2, 0) is 0 Å². The molecule has 1 aromatic rings. The van der Waals surface area contributed by atoms with Crippen LogP contribution in [0.4, 0.5) is 5.69 Å². The van der Waals surface area contributed by atoms with Gasteiger partial charge in [-0.05, 0) is 19.2 Å². The first-order valence-electron chi connectivity index (χ1n) is 4.86. The lowest BCUT2D eigenvalue weighted by molar-refractivity contribution is 0.369. The van der Waals surface area contributed by atoms with E-state index in [1.165, 1.54) is 5.69 Å². The molecule has 0 aliphatic carbocycles. The number of alkyl halides is 1. The molecular weight excluding hydrogens is 196 g/mol. The van der Waals surface area contributed by atoms with Crippen LogP contribution in [0.25, 0.3) is 0 Å². The molecule has 78 valence electrons. The van der Waals surface area contributed by atoms with Gasteiger partial charge in [0.2, 0.25) is 0 Å². The smallest absolute Gasteiger partial charge is 0.0351 e. The maximum atomic E-state index is 5.63.